The Morgan fingerprint density at radius 1 is 0.742 bits per heavy atom. The van der Waals surface area contributed by atoms with Crippen molar-refractivity contribution >= 4 is 0 Å². The second-order valence-electron chi connectivity index (χ2n) is 14.7. The summed E-state index contributed by atoms with van der Waals surface area (Å²) in [6.45, 7) is 22.3. The second-order valence-corrected chi connectivity index (χ2v) is 14.7. The summed E-state index contributed by atoms with van der Waals surface area (Å²) in [6.07, 6.45) is 13.4. The van der Waals surface area contributed by atoms with Crippen molar-refractivity contribution in [2.45, 2.75) is 119 Å². The monoisotopic (exact) mass is 426 g/mol. The van der Waals surface area contributed by atoms with Gasteiger partial charge in [0.05, 0.1) is 6.10 Å². The minimum Gasteiger partial charge on any atom is -0.393 e. The van der Waals surface area contributed by atoms with Crippen LogP contribution in [0.15, 0.2) is 12.2 Å². The molecular formula is C30H50O. The van der Waals surface area contributed by atoms with E-state index >= 15 is 0 Å². The van der Waals surface area contributed by atoms with Crippen molar-refractivity contribution in [1.29, 1.82) is 0 Å². The number of rotatable bonds is 1. The van der Waals surface area contributed by atoms with E-state index in [1.165, 1.54) is 63.4 Å². The average molecular weight is 427 g/mol. The summed E-state index contributed by atoms with van der Waals surface area (Å²) in [7, 11) is 0. The molecule has 1 nitrogen and oxygen atoms in total. The topological polar surface area (TPSA) is 20.2 Å². The third-order valence-electron chi connectivity index (χ3n) is 13.5. The zero-order chi connectivity index (χ0) is 22.6. The van der Waals surface area contributed by atoms with Gasteiger partial charge in [-0.2, -0.15) is 0 Å². The van der Waals surface area contributed by atoms with Crippen LogP contribution >= 0.6 is 0 Å². The molecule has 10 atom stereocenters. The molecule has 5 aliphatic rings. The summed E-state index contributed by atoms with van der Waals surface area (Å²) in [5, 5.41) is 10.9. The first-order chi connectivity index (χ1) is 14.3. The van der Waals surface area contributed by atoms with Crippen LogP contribution in [0.25, 0.3) is 0 Å². The van der Waals surface area contributed by atoms with Gasteiger partial charge in [0.25, 0.3) is 0 Å². The Hall–Kier alpha value is -0.300. The molecule has 1 heteroatoms. The summed E-state index contributed by atoms with van der Waals surface area (Å²) >= 11 is 0. The van der Waals surface area contributed by atoms with Gasteiger partial charge in [0.2, 0.25) is 0 Å². The maximum Gasteiger partial charge on any atom is 0.0594 e. The predicted molar refractivity (Wildman–Crippen MR) is 131 cm³/mol. The van der Waals surface area contributed by atoms with Crippen LogP contribution in [-0.4, -0.2) is 11.2 Å². The van der Waals surface area contributed by atoms with Gasteiger partial charge in [-0.1, -0.05) is 53.7 Å². The van der Waals surface area contributed by atoms with Crippen LogP contribution in [0.4, 0.5) is 0 Å². The Morgan fingerprint density at radius 2 is 1.45 bits per heavy atom. The van der Waals surface area contributed by atoms with Gasteiger partial charge in [-0.3, -0.25) is 0 Å². The molecule has 5 fully saturated rings. The van der Waals surface area contributed by atoms with Crippen LogP contribution in [0.5, 0.6) is 0 Å². The van der Waals surface area contributed by atoms with Crippen LogP contribution in [-0.2, 0) is 0 Å². The number of aliphatic hydroxyl groups is 1. The predicted octanol–water partition coefficient (Wildman–Crippen LogP) is 8.02. The number of fused-ring (bicyclic) bond motifs is 7. The maximum absolute atomic E-state index is 10.9. The van der Waals surface area contributed by atoms with Gasteiger partial charge < -0.3 is 5.11 Å². The van der Waals surface area contributed by atoms with E-state index in [-0.39, 0.29) is 11.5 Å². The lowest BCUT2D eigenvalue weighted by Crippen LogP contribution is -2.66. The van der Waals surface area contributed by atoms with Crippen molar-refractivity contribution in [3.05, 3.63) is 12.2 Å². The molecule has 176 valence electrons. The SMILES string of the molecule is C=C(C)[C@@H]1CCC2(C)CC[C@]3(C)C(CC[C@@H]4C5(C)CCC(O)C(C)(C)[C@@H]5CCC43C)[C@@H]12. The average Bonchev–Trinajstić information content (AvgIpc) is 3.04. The largest absolute Gasteiger partial charge is 0.393 e. The van der Waals surface area contributed by atoms with E-state index in [9.17, 15) is 5.11 Å². The van der Waals surface area contributed by atoms with E-state index in [1.54, 1.807) is 0 Å². The van der Waals surface area contributed by atoms with Crippen molar-refractivity contribution in [2.75, 3.05) is 0 Å². The summed E-state index contributed by atoms with van der Waals surface area (Å²) in [4.78, 5) is 0. The van der Waals surface area contributed by atoms with Crippen molar-refractivity contribution in [3.8, 4) is 0 Å². The highest BCUT2D eigenvalue weighted by atomic mass is 16.3. The molecule has 0 amide bonds. The second kappa shape index (κ2) is 6.64. The maximum atomic E-state index is 10.9. The van der Waals surface area contributed by atoms with E-state index < -0.39 is 0 Å². The molecule has 1 N–H and O–H groups in total. The lowest BCUT2D eigenvalue weighted by atomic mass is 9.32. The minimum atomic E-state index is -0.118. The summed E-state index contributed by atoms with van der Waals surface area (Å²) in [6, 6.07) is 0. The van der Waals surface area contributed by atoms with E-state index in [1.807, 2.05) is 0 Å². The number of allylic oxidation sites excluding steroid dienone is 1. The molecular weight excluding hydrogens is 376 g/mol. The third kappa shape index (κ3) is 2.65. The van der Waals surface area contributed by atoms with Gasteiger partial charge in [0.1, 0.15) is 0 Å². The molecule has 5 rings (SSSR count). The van der Waals surface area contributed by atoms with Crippen LogP contribution in [0.1, 0.15) is 113 Å². The molecule has 5 unspecified atom stereocenters. The molecule has 0 aromatic carbocycles. The van der Waals surface area contributed by atoms with Gasteiger partial charge in [-0.25, -0.2) is 0 Å². The summed E-state index contributed by atoms with van der Waals surface area (Å²) < 4.78 is 0. The molecule has 5 aliphatic carbocycles. The molecule has 31 heavy (non-hydrogen) atoms. The Kier molecular flexibility index (Phi) is 4.82. The first kappa shape index (κ1) is 22.5. The molecule has 0 aromatic rings. The van der Waals surface area contributed by atoms with E-state index in [4.69, 9.17) is 0 Å². The van der Waals surface area contributed by atoms with Gasteiger partial charge in [0, 0.05) is 0 Å². The lowest BCUT2D eigenvalue weighted by molar-refractivity contribution is -0.246. The summed E-state index contributed by atoms with van der Waals surface area (Å²) in [5.41, 5.74) is 3.38. The van der Waals surface area contributed by atoms with E-state index in [2.05, 4.69) is 55.0 Å². The molecule has 0 heterocycles. The number of hydrogen-bond donors (Lipinski definition) is 1. The fraction of sp³-hybridized carbons (Fsp3) is 0.933. The standard InChI is InChI=1S/C30H50O/c1-19(2)20-11-14-27(5)17-18-29(7)21(25(20)27)9-10-23-28(6)15-13-24(31)26(3,4)22(28)12-16-30(23,29)8/h20-25,31H,1,9-18H2,2-8H3/t20-,21?,22-,23+,24?,25+,27?,28?,29+,30?/m0/s1. The van der Waals surface area contributed by atoms with Gasteiger partial charge in [-0.15, -0.1) is 0 Å². The lowest BCUT2D eigenvalue weighted by Gasteiger charge is -2.73. The van der Waals surface area contributed by atoms with Crippen molar-refractivity contribution in [2.24, 2.45) is 56.7 Å². The van der Waals surface area contributed by atoms with Crippen LogP contribution < -0.4 is 0 Å². The smallest absolute Gasteiger partial charge is 0.0594 e. The fourth-order valence-electron chi connectivity index (χ4n) is 11.5. The molecule has 0 saturated heterocycles. The number of aliphatic hydroxyl groups excluding tert-OH is 1. The highest BCUT2D eigenvalue weighted by Gasteiger charge is 2.70. The first-order valence-electron chi connectivity index (χ1n) is 13.6. The van der Waals surface area contributed by atoms with Gasteiger partial charge in [0.15, 0.2) is 0 Å². The Balaban J connectivity index is 1.54. The van der Waals surface area contributed by atoms with E-state index in [0.29, 0.717) is 27.6 Å². The first-order valence-corrected chi connectivity index (χ1v) is 13.6. The van der Waals surface area contributed by atoms with E-state index in [0.717, 1.165) is 30.1 Å². The molecule has 5 saturated carbocycles. The Bertz CT molecular complexity index is 766. The normalized spacial score (nSPS) is 57.9. The van der Waals surface area contributed by atoms with Crippen molar-refractivity contribution in [3.63, 3.8) is 0 Å². The van der Waals surface area contributed by atoms with Crippen LogP contribution in [0, 0.1) is 56.7 Å². The zero-order valence-electron chi connectivity index (χ0n) is 21.7. The Morgan fingerprint density at radius 3 is 2.13 bits per heavy atom. The molecule has 0 bridgehead atoms. The van der Waals surface area contributed by atoms with Gasteiger partial charge >= 0.3 is 0 Å². The molecule has 0 aromatic heterocycles. The van der Waals surface area contributed by atoms with Gasteiger partial charge in [-0.05, 0) is 128 Å². The molecule has 0 aliphatic heterocycles. The third-order valence-corrected chi connectivity index (χ3v) is 13.5. The Labute approximate surface area is 192 Å². The fourth-order valence-corrected chi connectivity index (χ4v) is 11.5. The summed E-state index contributed by atoms with van der Waals surface area (Å²) in [5.74, 6) is 3.98. The van der Waals surface area contributed by atoms with Crippen molar-refractivity contribution in [1.82, 2.24) is 0 Å². The minimum absolute atomic E-state index is 0.0632. The zero-order valence-corrected chi connectivity index (χ0v) is 21.7. The highest BCUT2D eigenvalue weighted by molar-refractivity contribution is 5.21. The molecule has 0 radical (unpaired) electrons. The van der Waals surface area contributed by atoms with Crippen LogP contribution in [0.3, 0.4) is 0 Å². The quantitative estimate of drug-likeness (QED) is 0.421. The number of hydrogen-bond acceptors (Lipinski definition) is 1. The van der Waals surface area contributed by atoms with Crippen molar-refractivity contribution < 1.29 is 5.11 Å². The van der Waals surface area contributed by atoms with Crippen LogP contribution in [0.2, 0.25) is 0 Å². The molecule has 0 spiro atoms. The highest BCUT2D eigenvalue weighted by Crippen LogP contribution is 2.77.